The van der Waals surface area contributed by atoms with Crippen molar-refractivity contribution >= 4 is 74.4 Å². The molecule has 0 bridgehead atoms. The minimum absolute atomic E-state index is 0.00990. The average Bonchev–Trinajstić information content (AvgIpc) is 3.05. The third kappa shape index (κ3) is 4.54. The summed E-state index contributed by atoms with van der Waals surface area (Å²) in [5.41, 5.74) is 4.01. The number of carbonyl (C=O) groups is 3. The highest BCUT2D eigenvalue weighted by Crippen LogP contribution is 2.30. The SMILES string of the molecule is Cc1cc(Br)ccc1N1C(=O)/C(=C/c2cc(C)n(-c3ccc(C(=O)[O-])c(Cl)c3)c2C)C(=O)NC1=S. The van der Waals surface area contributed by atoms with Gasteiger partial charge in [-0.25, -0.2) is 0 Å². The number of anilines is 1. The summed E-state index contributed by atoms with van der Waals surface area (Å²) >= 11 is 14.8. The summed E-state index contributed by atoms with van der Waals surface area (Å²) in [6.45, 7) is 5.53. The third-order valence-electron chi connectivity index (χ3n) is 5.70. The molecule has 1 aromatic heterocycles. The molecule has 35 heavy (non-hydrogen) atoms. The number of rotatable bonds is 4. The molecule has 0 radical (unpaired) electrons. The molecule has 0 aliphatic carbocycles. The predicted molar refractivity (Wildman–Crippen MR) is 140 cm³/mol. The number of nitrogens with one attached hydrogen (secondary N) is 1. The van der Waals surface area contributed by atoms with Gasteiger partial charge in [-0.1, -0.05) is 27.5 Å². The molecule has 1 N–H and O–H groups in total. The fourth-order valence-electron chi connectivity index (χ4n) is 4.04. The van der Waals surface area contributed by atoms with E-state index in [1.807, 2.05) is 37.5 Å². The number of benzene rings is 2. The number of aromatic nitrogens is 1. The zero-order valence-electron chi connectivity index (χ0n) is 18.8. The quantitative estimate of drug-likeness (QED) is 0.290. The largest absolute Gasteiger partial charge is 0.545 e. The molecule has 178 valence electrons. The molecule has 7 nitrogen and oxygen atoms in total. The molecule has 10 heteroatoms. The number of carbonyl (C=O) groups excluding carboxylic acids is 3. The maximum absolute atomic E-state index is 13.4. The molecule has 2 amide bonds. The minimum Gasteiger partial charge on any atom is -0.545 e. The molecule has 0 saturated carbocycles. The average molecular weight is 572 g/mol. The van der Waals surface area contributed by atoms with E-state index >= 15 is 0 Å². The van der Waals surface area contributed by atoms with E-state index in [1.54, 1.807) is 18.2 Å². The number of carboxylic acid groups (broad SMARTS) is 1. The summed E-state index contributed by atoms with van der Waals surface area (Å²) in [4.78, 5) is 38.7. The molecular weight excluding hydrogens is 554 g/mol. The van der Waals surface area contributed by atoms with Crippen molar-refractivity contribution in [3.8, 4) is 5.69 Å². The van der Waals surface area contributed by atoms with Crippen LogP contribution in [0.2, 0.25) is 5.02 Å². The number of thiocarbonyl (C=S) groups is 1. The van der Waals surface area contributed by atoms with Crippen LogP contribution in [0, 0.1) is 20.8 Å². The first-order chi connectivity index (χ1) is 16.5. The lowest BCUT2D eigenvalue weighted by Gasteiger charge is -2.30. The van der Waals surface area contributed by atoms with Crippen molar-refractivity contribution in [1.82, 2.24) is 9.88 Å². The highest BCUT2D eigenvalue weighted by Gasteiger charge is 2.35. The highest BCUT2D eigenvalue weighted by atomic mass is 79.9. The topological polar surface area (TPSA) is 94.5 Å². The monoisotopic (exact) mass is 570 g/mol. The van der Waals surface area contributed by atoms with Gasteiger partial charge in [-0.2, -0.15) is 0 Å². The first-order valence-corrected chi connectivity index (χ1v) is 12.0. The van der Waals surface area contributed by atoms with Crippen LogP contribution in [0.5, 0.6) is 0 Å². The molecule has 4 rings (SSSR count). The number of aromatic carboxylic acids is 1. The second kappa shape index (κ2) is 9.41. The molecule has 1 aliphatic heterocycles. The minimum atomic E-state index is -1.36. The third-order valence-corrected chi connectivity index (χ3v) is 6.79. The van der Waals surface area contributed by atoms with Crippen LogP contribution < -0.4 is 15.3 Å². The van der Waals surface area contributed by atoms with Gasteiger partial charge in [0.15, 0.2) is 5.11 Å². The zero-order chi connectivity index (χ0) is 25.6. The van der Waals surface area contributed by atoms with Crippen molar-refractivity contribution in [2.24, 2.45) is 0 Å². The zero-order valence-corrected chi connectivity index (χ0v) is 22.0. The predicted octanol–water partition coefficient (Wildman–Crippen LogP) is 4.01. The van der Waals surface area contributed by atoms with Gasteiger partial charge in [0, 0.05) is 27.1 Å². The molecule has 0 spiro atoms. The van der Waals surface area contributed by atoms with Crippen LogP contribution in [0.15, 0.2) is 52.5 Å². The number of nitrogens with zero attached hydrogens (tertiary/aromatic N) is 2. The van der Waals surface area contributed by atoms with Gasteiger partial charge in [0.05, 0.1) is 16.7 Å². The van der Waals surface area contributed by atoms with Crippen molar-refractivity contribution in [3.05, 3.63) is 85.6 Å². The van der Waals surface area contributed by atoms with E-state index in [9.17, 15) is 19.5 Å². The molecule has 3 aromatic rings. The van der Waals surface area contributed by atoms with Crippen molar-refractivity contribution in [2.45, 2.75) is 20.8 Å². The lowest BCUT2D eigenvalue weighted by atomic mass is 10.1. The Labute approximate surface area is 220 Å². The smallest absolute Gasteiger partial charge is 0.270 e. The lowest BCUT2D eigenvalue weighted by molar-refractivity contribution is -0.255. The Morgan fingerprint density at radius 1 is 1.11 bits per heavy atom. The number of carboxylic acids is 1. The summed E-state index contributed by atoms with van der Waals surface area (Å²) < 4.78 is 2.71. The standard InChI is InChI=1S/C25H19BrClN3O4S/c1-12-8-16(26)4-7-21(12)30-23(32)19(22(31)28-25(30)35)10-15-9-13(2)29(14(15)3)17-5-6-18(24(33)34)20(27)11-17/h4-11H,1-3H3,(H,33,34)(H,28,31,35)/p-1/b19-10+. The normalized spacial score (nSPS) is 15.1. The van der Waals surface area contributed by atoms with E-state index in [4.69, 9.17) is 23.8 Å². The Morgan fingerprint density at radius 2 is 1.83 bits per heavy atom. The van der Waals surface area contributed by atoms with Gasteiger partial charge in [0.2, 0.25) is 0 Å². The van der Waals surface area contributed by atoms with Crippen LogP contribution in [0.3, 0.4) is 0 Å². The van der Waals surface area contributed by atoms with Crippen LogP contribution in [0.25, 0.3) is 11.8 Å². The van der Waals surface area contributed by atoms with Gasteiger partial charge in [-0.3, -0.25) is 19.8 Å². The molecule has 1 fully saturated rings. The van der Waals surface area contributed by atoms with Crippen LogP contribution in [0.1, 0.15) is 32.9 Å². The maximum Gasteiger partial charge on any atom is 0.270 e. The van der Waals surface area contributed by atoms with Crippen molar-refractivity contribution < 1.29 is 19.5 Å². The van der Waals surface area contributed by atoms with Crippen molar-refractivity contribution in [1.29, 1.82) is 0 Å². The van der Waals surface area contributed by atoms with Gasteiger partial charge in [0.1, 0.15) is 5.57 Å². The van der Waals surface area contributed by atoms with Gasteiger partial charge in [-0.05, 0) is 92.7 Å². The van der Waals surface area contributed by atoms with E-state index in [1.165, 1.54) is 23.1 Å². The van der Waals surface area contributed by atoms with Crippen LogP contribution >= 0.6 is 39.7 Å². The van der Waals surface area contributed by atoms with Gasteiger partial charge >= 0.3 is 0 Å². The van der Waals surface area contributed by atoms with Gasteiger partial charge in [-0.15, -0.1) is 0 Å². The highest BCUT2D eigenvalue weighted by molar-refractivity contribution is 9.10. The molecule has 2 heterocycles. The number of hydrogen-bond donors (Lipinski definition) is 1. The van der Waals surface area contributed by atoms with Crippen LogP contribution in [0.4, 0.5) is 5.69 Å². The van der Waals surface area contributed by atoms with Gasteiger partial charge < -0.3 is 14.5 Å². The molecule has 0 atom stereocenters. The van der Waals surface area contributed by atoms with Crippen molar-refractivity contribution in [2.75, 3.05) is 4.90 Å². The Bertz CT molecular complexity index is 1480. The first kappa shape index (κ1) is 24.8. The Balaban J connectivity index is 1.77. The molecular formula is C25H18BrClN3O4S-. The van der Waals surface area contributed by atoms with Crippen molar-refractivity contribution in [3.63, 3.8) is 0 Å². The van der Waals surface area contributed by atoms with E-state index in [2.05, 4.69) is 21.2 Å². The second-order valence-corrected chi connectivity index (χ2v) is 9.71. The lowest BCUT2D eigenvalue weighted by Crippen LogP contribution is -2.54. The Hall–Kier alpha value is -3.27. The summed E-state index contributed by atoms with van der Waals surface area (Å²) in [7, 11) is 0. The van der Waals surface area contributed by atoms with Crippen LogP contribution in [-0.2, 0) is 9.59 Å². The molecule has 1 aliphatic rings. The van der Waals surface area contributed by atoms with E-state index < -0.39 is 17.8 Å². The number of amides is 2. The Morgan fingerprint density at radius 3 is 2.46 bits per heavy atom. The fraction of sp³-hybridized carbons (Fsp3) is 0.120. The number of aryl methyl sites for hydroxylation is 2. The molecule has 0 unspecified atom stereocenters. The first-order valence-electron chi connectivity index (χ1n) is 10.4. The number of hydrogen-bond acceptors (Lipinski definition) is 5. The van der Waals surface area contributed by atoms with Gasteiger partial charge in [0.25, 0.3) is 11.8 Å². The second-order valence-electron chi connectivity index (χ2n) is 8.00. The van der Waals surface area contributed by atoms with E-state index in [-0.39, 0.29) is 21.3 Å². The maximum atomic E-state index is 13.4. The molecule has 1 saturated heterocycles. The Kier molecular flexibility index (Phi) is 6.68. The van der Waals surface area contributed by atoms with Crippen LogP contribution in [-0.4, -0.2) is 27.5 Å². The summed E-state index contributed by atoms with van der Waals surface area (Å²) in [5, 5.41) is 13.8. The summed E-state index contributed by atoms with van der Waals surface area (Å²) in [5.74, 6) is -2.48. The summed E-state index contributed by atoms with van der Waals surface area (Å²) in [6, 6.07) is 11.7. The van der Waals surface area contributed by atoms with E-state index in [0.717, 1.165) is 21.4 Å². The fourth-order valence-corrected chi connectivity index (χ4v) is 5.04. The number of halogens is 2. The molecule has 2 aromatic carbocycles. The summed E-state index contributed by atoms with van der Waals surface area (Å²) in [6.07, 6.45) is 1.52. The van der Waals surface area contributed by atoms with E-state index in [0.29, 0.717) is 16.9 Å².